The first-order valence-corrected chi connectivity index (χ1v) is 14.0. The number of aromatic nitrogens is 1. The van der Waals surface area contributed by atoms with Crippen LogP contribution < -0.4 is 36.7 Å². The lowest BCUT2D eigenvalue weighted by Gasteiger charge is -2.72. The average molecular weight is 576 g/mol. The van der Waals surface area contributed by atoms with Crippen LogP contribution in [-0.4, -0.2) is 52.4 Å². The fourth-order valence-electron chi connectivity index (χ4n) is 7.84. The number of allylic oxidation sites excluding steroid dienone is 1. The topological polar surface area (TPSA) is 183 Å². The van der Waals surface area contributed by atoms with Gasteiger partial charge in [-0.3, -0.25) is 14.4 Å². The van der Waals surface area contributed by atoms with Crippen molar-refractivity contribution in [2.75, 3.05) is 18.7 Å². The number of nitrogens with one attached hydrogen (secondary N) is 3. The van der Waals surface area contributed by atoms with Gasteiger partial charge < -0.3 is 45.6 Å². The number of anilines is 1. The van der Waals surface area contributed by atoms with E-state index in [0.29, 0.717) is 43.0 Å². The fourth-order valence-corrected chi connectivity index (χ4v) is 7.84. The minimum atomic E-state index is -1.51. The smallest absolute Gasteiger partial charge is 0.340 e. The second-order valence-electron chi connectivity index (χ2n) is 12.2. The molecule has 4 aliphatic heterocycles. The number of aliphatic hydroxyl groups is 1. The number of hydrogen-bond donors (Lipinski definition) is 5. The van der Waals surface area contributed by atoms with Crippen LogP contribution in [0.5, 0.6) is 11.5 Å². The van der Waals surface area contributed by atoms with E-state index in [4.69, 9.17) is 19.9 Å². The summed E-state index contributed by atoms with van der Waals surface area (Å²) in [6, 6.07) is 4.56. The lowest BCUT2D eigenvalue weighted by Crippen LogP contribution is -2.76. The van der Waals surface area contributed by atoms with Crippen molar-refractivity contribution in [2.45, 2.75) is 63.1 Å². The van der Waals surface area contributed by atoms with Crippen molar-refractivity contribution < 1.29 is 33.7 Å². The van der Waals surface area contributed by atoms with Crippen LogP contribution in [-0.2, 0) is 32.3 Å². The molecule has 7 aliphatic rings. The van der Waals surface area contributed by atoms with Gasteiger partial charge in [0.2, 0.25) is 18.6 Å². The van der Waals surface area contributed by atoms with E-state index in [9.17, 15) is 24.3 Å². The van der Waals surface area contributed by atoms with Gasteiger partial charge in [0, 0.05) is 46.1 Å². The normalized spacial score (nSPS) is 29.5. The molecular weight excluding hydrogens is 546 g/mol. The Morgan fingerprint density at radius 3 is 2.64 bits per heavy atom. The molecule has 2 aromatic rings. The summed E-state index contributed by atoms with van der Waals surface area (Å²) in [4.78, 5) is 50.2. The highest BCUT2D eigenvalue weighted by Crippen LogP contribution is 2.74. The number of carbonyl (C=O) groups is 3. The quantitative estimate of drug-likeness (QED) is 0.307. The Balaban J connectivity index is 1.17. The number of rotatable bonds is 5. The monoisotopic (exact) mass is 575 g/mol. The third-order valence-electron chi connectivity index (χ3n) is 9.62. The minimum Gasteiger partial charge on any atom is -0.458 e. The molecule has 1 aromatic carbocycles. The van der Waals surface area contributed by atoms with Gasteiger partial charge in [0.05, 0.1) is 18.2 Å². The summed E-state index contributed by atoms with van der Waals surface area (Å²) in [7, 11) is 0. The van der Waals surface area contributed by atoms with Gasteiger partial charge in [-0.2, -0.15) is 0 Å². The zero-order valence-corrected chi connectivity index (χ0v) is 22.7. The molecule has 6 N–H and O–H groups in total. The van der Waals surface area contributed by atoms with Crippen molar-refractivity contribution in [3.63, 3.8) is 0 Å². The molecule has 13 nitrogen and oxygen atoms in total. The van der Waals surface area contributed by atoms with Crippen LogP contribution in [0.3, 0.4) is 0 Å². The standard InChI is InChI=1S/C29H29N5O8/c1-12(31-21(35)5-30)25(37)33-29-8-28(9-29,10-29)22-14-3-19-20(42-11-41-19)4-17(14)32-23-15(22)6-34-18(23)2-13-16(26(34)38)7-40-27(39)24(13)36/h2-4,12,23-24,32,36H,5-11,30H2,1H3,(H,31,35)(H,33,37). The molecule has 2 bridgehead atoms. The lowest BCUT2D eigenvalue weighted by atomic mass is 9.36. The largest absolute Gasteiger partial charge is 0.458 e. The van der Waals surface area contributed by atoms with E-state index in [1.165, 1.54) is 0 Å². The van der Waals surface area contributed by atoms with Gasteiger partial charge in [0.15, 0.2) is 17.6 Å². The van der Waals surface area contributed by atoms with Gasteiger partial charge >= 0.3 is 5.97 Å². The second kappa shape index (κ2) is 8.35. The number of aliphatic hydroxyl groups excluding tert-OH is 1. The fraction of sp³-hybridized carbons (Fsp3) is 0.448. The van der Waals surface area contributed by atoms with E-state index < -0.39 is 24.0 Å². The highest BCUT2D eigenvalue weighted by atomic mass is 16.7. The zero-order valence-electron chi connectivity index (χ0n) is 22.7. The van der Waals surface area contributed by atoms with E-state index in [1.807, 2.05) is 12.1 Å². The maximum Gasteiger partial charge on any atom is 0.340 e. The number of nitrogens with two attached hydrogens (primary N) is 1. The van der Waals surface area contributed by atoms with Crippen LogP contribution in [0.2, 0.25) is 0 Å². The summed E-state index contributed by atoms with van der Waals surface area (Å²) >= 11 is 0. The van der Waals surface area contributed by atoms with E-state index in [-0.39, 0.29) is 59.5 Å². The van der Waals surface area contributed by atoms with Crippen molar-refractivity contribution in [3.8, 4) is 11.5 Å². The molecular formula is C29H29N5O8. The molecule has 3 aliphatic carbocycles. The number of nitrogens with zero attached hydrogens (tertiary/aromatic N) is 1. The van der Waals surface area contributed by atoms with Gasteiger partial charge in [-0.05, 0) is 49.5 Å². The summed E-state index contributed by atoms with van der Waals surface area (Å²) in [5.41, 5.74) is 9.69. The molecule has 3 atom stereocenters. The molecule has 3 saturated carbocycles. The Hall–Kier alpha value is -4.36. The van der Waals surface area contributed by atoms with Gasteiger partial charge in [0.25, 0.3) is 5.56 Å². The molecule has 5 heterocycles. The first-order chi connectivity index (χ1) is 20.1. The molecule has 3 unspecified atom stereocenters. The van der Waals surface area contributed by atoms with Crippen molar-refractivity contribution in [1.29, 1.82) is 0 Å². The summed E-state index contributed by atoms with van der Waals surface area (Å²) < 4.78 is 18.1. The summed E-state index contributed by atoms with van der Waals surface area (Å²) in [6.45, 7) is 1.74. The summed E-state index contributed by atoms with van der Waals surface area (Å²) in [5, 5.41) is 19.9. The zero-order chi connectivity index (χ0) is 29.1. The molecule has 9 rings (SSSR count). The Bertz CT molecular complexity index is 1710. The van der Waals surface area contributed by atoms with Gasteiger partial charge in [-0.1, -0.05) is 0 Å². The number of amides is 2. The number of cyclic esters (lactones) is 1. The van der Waals surface area contributed by atoms with Crippen LogP contribution >= 0.6 is 0 Å². The molecule has 0 spiro atoms. The van der Waals surface area contributed by atoms with Crippen LogP contribution in [0.1, 0.15) is 60.7 Å². The number of esters is 1. The maximum absolute atomic E-state index is 13.6. The number of benzene rings is 1. The third kappa shape index (κ3) is 3.31. The molecule has 13 heteroatoms. The Kier molecular flexibility index (Phi) is 5.04. The van der Waals surface area contributed by atoms with Gasteiger partial charge in [-0.15, -0.1) is 0 Å². The van der Waals surface area contributed by atoms with Crippen LogP contribution in [0.25, 0.3) is 5.57 Å². The van der Waals surface area contributed by atoms with E-state index in [1.54, 1.807) is 17.6 Å². The van der Waals surface area contributed by atoms with Gasteiger partial charge in [-0.25, -0.2) is 4.79 Å². The summed E-state index contributed by atoms with van der Waals surface area (Å²) in [5.74, 6) is -0.147. The molecule has 1 aromatic heterocycles. The Labute approximate surface area is 239 Å². The van der Waals surface area contributed by atoms with Crippen LogP contribution in [0.15, 0.2) is 28.6 Å². The predicted octanol–water partition coefficient (Wildman–Crippen LogP) is 0.104. The van der Waals surface area contributed by atoms with Crippen LogP contribution in [0, 0.1) is 5.41 Å². The number of ether oxygens (including phenoxy) is 3. The molecule has 3 fully saturated rings. The first-order valence-electron chi connectivity index (χ1n) is 14.0. The average Bonchev–Trinajstić information content (AvgIpc) is 3.54. The van der Waals surface area contributed by atoms with E-state index in [0.717, 1.165) is 22.4 Å². The lowest BCUT2D eigenvalue weighted by molar-refractivity contribution is -0.157. The summed E-state index contributed by atoms with van der Waals surface area (Å²) in [6.07, 6.45) is 0.630. The predicted molar refractivity (Wildman–Crippen MR) is 145 cm³/mol. The molecule has 2 amide bonds. The maximum atomic E-state index is 13.6. The SMILES string of the molecule is CC(NC(=O)CN)C(=O)NC12CC(C3=C4Cn5c(cc6c(c5=O)COC(=O)C6O)C4Nc4cc5c(cc43)OCO5)(C1)C2. The first kappa shape index (κ1) is 25.4. The van der Waals surface area contributed by atoms with Gasteiger partial charge in [0.1, 0.15) is 12.6 Å². The second-order valence-corrected chi connectivity index (χ2v) is 12.2. The molecule has 0 saturated heterocycles. The highest BCUT2D eigenvalue weighted by Gasteiger charge is 2.71. The van der Waals surface area contributed by atoms with Crippen molar-refractivity contribution in [1.82, 2.24) is 15.2 Å². The molecule has 218 valence electrons. The minimum absolute atomic E-state index is 0.130. The number of hydrogen-bond acceptors (Lipinski definition) is 10. The Morgan fingerprint density at radius 2 is 1.90 bits per heavy atom. The number of fused-ring (bicyclic) bond motifs is 6. The molecule has 0 radical (unpaired) electrons. The Morgan fingerprint density at radius 1 is 1.17 bits per heavy atom. The number of carbonyl (C=O) groups excluding carboxylic acids is 3. The number of pyridine rings is 1. The van der Waals surface area contributed by atoms with Crippen LogP contribution in [0.4, 0.5) is 5.69 Å². The molecule has 42 heavy (non-hydrogen) atoms. The van der Waals surface area contributed by atoms with Crippen molar-refractivity contribution in [3.05, 3.63) is 56.5 Å². The highest BCUT2D eigenvalue weighted by molar-refractivity contribution is 5.92. The van der Waals surface area contributed by atoms with E-state index in [2.05, 4.69) is 16.0 Å². The third-order valence-corrected chi connectivity index (χ3v) is 9.62. The van der Waals surface area contributed by atoms with E-state index >= 15 is 0 Å². The van der Waals surface area contributed by atoms with Crippen molar-refractivity contribution in [2.24, 2.45) is 11.1 Å². The van der Waals surface area contributed by atoms with Crippen molar-refractivity contribution >= 4 is 29.0 Å².